The molecule has 0 atom stereocenters. The smallest absolute Gasteiger partial charge is 0.247 e. The summed E-state index contributed by atoms with van der Waals surface area (Å²) in [5, 5.41) is 6.85. The van der Waals surface area contributed by atoms with E-state index in [9.17, 15) is 4.79 Å². The van der Waals surface area contributed by atoms with Gasteiger partial charge in [-0.3, -0.25) is 4.79 Å². The van der Waals surface area contributed by atoms with Crippen molar-refractivity contribution in [2.45, 2.75) is 76.9 Å². The predicted molar refractivity (Wildman–Crippen MR) is 147 cm³/mol. The van der Waals surface area contributed by atoms with Crippen LogP contribution < -0.4 is 21.3 Å². The highest BCUT2D eigenvalue weighted by molar-refractivity contribution is 5.97. The van der Waals surface area contributed by atoms with Crippen molar-refractivity contribution in [1.82, 2.24) is 10.2 Å². The number of aliphatic imine (C=N–C) groups is 1. The second kappa shape index (κ2) is 10.1. The molecule has 192 valence electrons. The Morgan fingerprint density at radius 3 is 2.31 bits per heavy atom. The van der Waals surface area contributed by atoms with E-state index in [0.29, 0.717) is 12.7 Å². The quantitative estimate of drug-likeness (QED) is 0.448. The lowest BCUT2D eigenvalue weighted by Gasteiger charge is -2.44. The molecule has 0 unspecified atom stereocenters. The zero-order chi connectivity index (χ0) is 25.3. The fourth-order valence-corrected chi connectivity index (χ4v) is 6.21. The standard InChI is InChI=1S/C29H40N6O/c1-20-17-21(2)26(22(3)18-20)33-28(32-24-11-9-23(30)10-12-24)34-15-13-29(14-16-34)27(36)31-19-35(29)25-7-5-4-6-8-25/h4-8,17-18,23-24H,9-16,19,30H2,1-3H3,(H,31,36)(H,32,33). The molecule has 0 bridgehead atoms. The number of piperidine rings is 1. The molecule has 0 radical (unpaired) electrons. The lowest BCUT2D eigenvalue weighted by molar-refractivity contribution is -0.124. The first-order chi connectivity index (χ1) is 17.4. The zero-order valence-corrected chi connectivity index (χ0v) is 21.9. The summed E-state index contributed by atoms with van der Waals surface area (Å²) >= 11 is 0. The number of carbonyl (C=O) groups excluding carboxylic acids is 1. The number of aryl methyl sites for hydroxylation is 3. The van der Waals surface area contributed by atoms with Gasteiger partial charge in [-0.15, -0.1) is 0 Å². The summed E-state index contributed by atoms with van der Waals surface area (Å²) in [4.78, 5) is 23.0. The van der Waals surface area contributed by atoms with Crippen LogP contribution in [0.3, 0.4) is 0 Å². The Labute approximate surface area is 215 Å². The van der Waals surface area contributed by atoms with E-state index in [1.807, 2.05) is 18.2 Å². The molecule has 7 heteroatoms. The maximum atomic E-state index is 13.1. The molecule has 2 aromatic rings. The van der Waals surface area contributed by atoms with Crippen molar-refractivity contribution in [3.63, 3.8) is 0 Å². The molecule has 2 heterocycles. The number of carbonyl (C=O) groups is 1. The number of hydrogen-bond donors (Lipinski definition) is 3. The van der Waals surface area contributed by atoms with Crippen LogP contribution in [-0.4, -0.2) is 54.1 Å². The molecule has 3 aliphatic rings. The highest BCUT2D eigenvalue weighted by Gasteiger charge is 2.50. The van der Waals surface area contributed by atoms with E-state index >= 15 is 0 Å². The molecule has 7 nitrogen and oxygen atoms in total. The minimum atomic E-state index is -0.504. The van der Waals surface area contributed by atoms with E-state index in [1.54, 1.807) is 0 Å². The summed E-state index contributed by atoms with van der Waals surface area (Å²) in [7, 11) is 0. The number of benzene rings is 2. The fraction of sp³-hybridized carbons (Fsp3) is 0.517. The SMILES string of the molecule is Cc1cc(C)c(NC(=NC2CCC(N)CC2)N2CCC3(CC2)C(=O)NCN3c2ccccc2)c(C)c1. The lowest BCUT2D eigenvalue weighted by atomic mass is 9.85. The van der Waals surface area contributed by atoms with E-state index in [-0.39, 0.29) is 11.9 Å². The summed E-state index contributed by atoms with van der Waals surface area (Å²) in [6, 6.07) is 15.3. The third-order valence-electron chi connectivity index (χ3n) is 8.26. The van der Waals surface area contributed by atoms with Gasteiger partial charge in [0.15, 0.2) is 5.96 Å². The first kappa shape index (κ1) is 24.6. The maximum Gasteiger partial charge on any atom is 0.247 e. The van der Waals surface area contributed by atoms with Crippen LogP contribution in [0.15, 0.2) is 47.5 Å². The summed E-state index contributed by atoms with van der Waals surface area (Å²) in [6.45, 7) is 8.57. The van der Waals surface area contributed by atoms with Crippen LogP contribution in [0.25, 0.3) is 0 Å². The Morgan fingerprint density at radius 2 is 1.67 bits per heavy atom. The van der Waals surface area contributed by atoms with E-state index < -0.39 is 5.54 Å². The second-order valence-electron chi connectivity index (χ2n) is 10.9. The van der Waals surface area contributed by atoms with Gasteiger partial charge in [0, 0.05) is 30.5 Å². The largest absolute Gasteiger partial charge is 0.342 e. The molecule has 0 aromatic heterocycles. The van der Waals surface area contributed by atoms with Gasteiger partial charge in [0.25, 0.3) is 0 Å². The minimum absolute atomic E-state index is 0.143. The van der Waals surface area contributed by atoms with Crippen molar-refractivity contribution >= 4 is 23.2 Å². The zero-order valence-electron chi connectivity index (χ0n) is 21.9. The summed E-state index contributed by atoms with van der Waals surface area (Å²) < 4.78 is 0. The average Bonchev–Trinajstić information content (AvgIpc) is 3.18. The first-order valence-corrected chi connectivity index (χ1v) is 13.4. The summed E-state index contributed by atoms with van der Waals surface area (Å²) in [5.74, 6) is 1.08. The number of nitrogens with zero attached hydrogens (tertiary/aromatic N) is 3. The van der Waals surface area contributed by atoms with Crippen molar-refractivity contribution < 1.29 is 4.79 Å². The van der Waals surface area contributed by atoms with Gasteiger partial charge in [-0.25, -0.2) is 4.99 Å². The molecule has 3 fully saturated rings. The Morgan fingerprint density at radius 1 is 1.03 bits per heavy atom. The van der Waals surface area contributed by atoms with Gasteiger partial charge in [-0.05, 0) is 82.6 Å². The number of likely N-dealkylation sites (tertiary alicyclic amines) is 1. The van der Waals surface area contributed by atoms with Crippen LogP contribution in [0.5, 0.6) is 0 Å². The lowest BCUT2D eigenvalue weighted by Crippen LogP contribution is -2.58. The number of anilines is 2. The Hall–Kier alpha value is -3.06. The number of nitrogens with two attached hydrogens (primary N) is 1. The highest BCUT2D eigenvalue weighted by atomic mass is 16.2. The normalized spacial score (nSPS) is 24.2. The number of amides is 1. The molecule has 2 aromatic carbocycles. The monoisotopic (exact) mass is 488 g/mol. The minimum Gasteiger partial charge on any atom is -0.342 e. The molecule has 1 saturated carbocycles. The number of para-hydroxylation sites is 1. The van der Waals surface area contributed by atoms with Crippen LogP contribution >= 0.6 is 0 Å². The Balaban J connectivity index is 1.39. The Bertz CT molecular complexity index is 1090. The highest BCUT2D eigenvalue weighted by Crippen LogP contribution is 2.36. The van der Waals surface area contributed by atoms with Crippen molar-refractivity contribution in [3.8, 4) is 0 Å². The van der Waals surface area contributed by atoms with Crippen molar-refractivity contribution in [3.05, 3.63) is 59.2 Å². The van der Waals surface area contributed by atoms with Gasteiger partial charge in [-0.1, -0.05) is 35.9 Å². The molecule has 36 heavy (non-hydrogen) atoms. The van der Waals surface area contributed by atoms with Crippen molar-refractivity contribution in [2.24, 2.45) is 10.7 Å². The molecule has 1 aliphatic carbocycles. The summed E-state index contributed by atoms with van der Waals surface area (Å²) in [6.07, 6.45) is 5.63. The van der Waals surface area contributed by atoms with Gasteiger partial charge in [0.05, 0.1) is 12.7 Å². The van der Waals surface area contributed by atoms with E-state index in [2.05, 4.69) is 65.5 Å². The van der Waals surface area contributed by atoms with Gasteiger partial charge in [-0.2, -0.15) is 0 Å². The van der Waals surface area contributed by atoms with Crippen LogP contribution in [0.2, 0.25) is 0 Å². The van der Waals surface area contributed by atoms with E-state index in [1.165, 1.54) is 16.7 Å². The number of rotatable bonds is 3. The topological polar surface area (TPSA) is 86.0 Å². The van der Waals surface area contributed by atoms with Gasteiger partial charge in [0.1, 0.15) is 5.54 Å². The molecular formula is C29H40N6O. The number of nitrogens with one attached hydrogen (secondary N) is 2. The predicted octanol–water partition coefficient (Wildman–Crippen LogP) is 4.08. The molecular weight excluding hydrogens is 448 g/mol. The first-order valence-electron chi connectivity index (χ1n) is 13.4. The van der Waals surface area contributed by atoms with Crippen molar-refractivity contribution in [2.75, 3.05) is 30.0 Å². The van der Waals surface area contributed by atoms with Crippen LogP contribution in [0, 0.1) is 20.8 Å². The van der Waals surface area contributed by atoms with Crippen LogP contribution in [0.4, 0.5) is 11.4 Å². The maximum absolute atomic E-state index is 13.1. The summed E-state index contributed by atoms with van der Waals surface area (Å²) in [5.41, 5.74) is 11.6. The molecule has 2 aliphatic heterocycles. The second-order valence-corrected chi connectivity index (χ2v) is 10.9. The van der Waals surface area contributed by atoms with E-state index in [4.69, 9.17) is 10.7 Å². The molecule has 4 N–H and O–H groups in total. The molecule has 5 rings (SSSR count). The fourth-order valence-electron chi connectivity index (χ4n) is 6.21. The molecule has 1 amide bonds. The third-order valence-corrected chi connectivity index (χ3v) is 8.26. The molecule has 1 spiro atoms. The number of guanidine groups is 1. The van der Waals surface area contributed by atoms with E-state index in [0.717, 1.165) is 68.9 Å². The average molecular weight is 489 g/mol. The Kier molecular flexibility index (Phi) is 6.93. The van der Waals surface area contributed by atoms with Gasteiger partial charge in [0.2, 0.25) is 5.91 Å². The van der Waals surface area contributed by atoms with Crippen LogP contribution in [-0.2, 0) is 4.79 Å². The van der Waals surface area contributed by atoms with Crippen molar-refractivity contribution in [1.29, 1.82) is 0 Å². The third kappa shape index (κ3) is 4.81. The molecule has 2 saturated heterocycles. The van der Waals surface area contributed by atoms with Crippen LogP contribution in [0.1, 0.15) is 55.2 Å². The van der Waals surface area contributed by atoms with Gasteiger partial charge >= 0.3 is 0 Å². The van der Waals surface area contributed by atoms with Gasteiger partial charge < -0.3 is 26.2 Å². The number of hydrogen-bond acceptors (Lipinski definition) is 4.